The van der Waals surface area contributed by atoms with Gasteiger partial charge in [0, 0.05) is 11.1 Å². The number of carbonyl (C=O) groups is 1. The molecule has 0 bridgehead atoms. The topological polar surface area (TPSA) is 87.9 Å². The number of nitro benzene ring substituents is 1. The maximum absolute atomic E-state index is 12.3. The third-order valence-corrected chi connectivity index (χ3v) is 4.29. The van der Waals surface area contributed by atoms with Gasteiger partial charge in [-0.25, -0.2) is 4.79 Å². The van der Waals surface area contributed by atoms with Crippen LogP contribution < -0.4 is 9.47 Å². The van der Waals surface area contributed by atoms with E-state index in [0.717, 1.165) is 0 Å². The molecule has 0 saturated heterocycles. The van der Waals surface area contributed by atoms with E-state index in [-0.39, 0.29) is 11.4 Å². The molecule has 7 nitrogen and oxygen atoms in total. The Morgan fingerprint density at radius 3 is 2.08 bits per heavy atom. The highest BCUT2D eigenvalue weighted by Gasteiger charge is 2.32. The summed E-state index contributed by atoms with van der Waals surface area (Å²) in [5, 5.41) is 11.7. The van der Waals surface area contributed by atoms with Crippen LogP contribution in [-0.2, 0) is 9.53 Å². The van der Waals surface area contributed by atoms with Crippen LogP contribution in [0.15, 0.2) is 30.3 Å². The fraction of sp³-hybridized carbons (Fsp3) is 0.316. The molecule has 0 amide bonds. The molecule has 0 spiro atoms. The summed E-state index contributed by atoms with van der Waals surface area (Å²) in [6, 6.07) is 8.70. The number of hydrogen-bond donors (Lipinski definition) is 0. The van der Waals surface area contributed by atoms with Crippen molar-refractivity contribution < 1.29 is 23.9 Å². The lowest BCUT2D eigenvalue weighted by atomic mass is 10.0. The minimum atomic E-state index is -1.12. The Hall–Kier alpha value is -3.09. The number of rotatable bonds is 6. The Morgan fingerprint density at radius 2 is 1.58 bits per heavy atom. The van der Waals surface area contributed by atoms with E-state index in [1.54, 1.807) is 51.1 Å². The Balaban J connectivity index is 2.66. The van der Waals surface area contributed by atoms with Gasteiger partial charge in [0.2, 0.25) is 11.9 Å². The van der Waals surface area contributed by atoms with Crippen molar-refractivity contribution in [3.8, 4) is 11.5 Å². The van der Waals surface area contributed by atoms with E-state index in [2.05, 4.69) is 0 Å². The lowest BCUT2D eigenvalue weighted by Gasteiger charge is -2.21. The highest BCUT2D eigenvalue weighted by Crippen LogP contribution is 2.44. The maximum Gasteiger partial charge on any atom is 0.351 e. The molecule has 0 radical (unpaired) electrons. The van der Waals surface area contributed by atoms with Gasteiger partial charge in [0.05, 0.1) is 24.7 Å². The summed E-state index contributed by atoms with van der Waals surface area (Å²) in [4.78, 5) is 23.4. The van der Waals surface area contributed by atoms with Gasteiger partial charge in [0.15, 0.2) is 0 Å². The van der Waals surface area contributed by atoms with E-state index in [4.69, 9.17) is 14.2 Å². The van der Waals surface area contributed by atoms with Gasteiger partial charge in [-0.05, 0) is 26.3 Å². The second-order valence-corrected chi connectivity index (χ2v) is 5.77. The van der Waals surface area contributed by atoms with Gasteiger partial charge in [-0.1, -0.05) is 30.3 Å². The molecule has 2 rings (SSSR count). The standard InChI is InChI=1S/C19H21NO6/c1-11-12(2)17(15(20(22)23)13(3)16(11)24-4)26-18(19(21)25-5)14-9-7-6-8-10-14/h6-10,18H,1-5H3. The fourth-order valence-electron chi connectivity index (χ4n) is 2.85. The zero-order valence-electron chi connectivity index (χ0n) is 15.4. The first-order chi connectivity index (χ1) is 12.3. The highest BCUT2D eigenvalue weighted by atomic mass is 16.6. The third kappa shape index (κ3) is 3.46. The first-order valence-electron chi connectivity index (χ1n) is 7.95. The number of methoxy groups -OCH3 is 2. The highest BCUT2D eigenvalue weighted by molar-refractivity contribution is 5.77. The van der Waals surface area contributed by atoms with Crippen LogP contribution in [0.2, 0.25) is 0 Å². The van der Waals surface area contributed by atoms with E-state index in [9.17, 15) is 14.9 Å². The Morgan fingerprint density at radius 1 is 1.00 bits per heavy atom. The number of esters is 1. The molecule has 1 unspecified atom stereocenters. The molecule has 0 aliphatic heterocycles. The minimum absolute atomic E-state index is 0.0325. The van der Waals surface area contributed by atoms with E-state index in [0.29, 0.717) is 28.0 Å². The molecule has 0 heterocycles. The predicted octanol–water partition coefficient (Wildman–Crippen LogP) is 3.82. The minimum Gasteiger partial charge on any atom is -0.496 e. The van der Waals surface area contributed by atoms with Crippen molar-refractivity contribution in [2.45, 2.75) is 26.9 Å². The molecule has 0 N–H and O–H groups in total. The van der Waals surface area contributed by atoms with Crippen molar-refractivity contribution in [1.82, 2.24) is 0 Å². The summed E-state index contributed by atoms with van der Waals surface area (Å²) in [5.74, 6) is -0.183. The molecule has 7 heteroatoms. The van der Waals surface area contributed by atoms with Gasteiger partial charge < -0.3 is 14.2 Å². The van der Waals surface area contributed by atoms with Crippen molar-refractivity contribution in [2.24, 2.45) is 0 Å². The molecule has 0 fully saturated rings. The number of ether oxygens (including phenoxy) is 3. The summed E-state index contributed by atoms with van der Waals surface area (Å²) in [6.07, 6.45) is -1.12. The summed E-state index contributed by atoms with van der Waals surface area (Å²) >= 11 is 0. The number of benzene rings is 2. The van der Waals surface area contributed by atoms with Gasteiger partial charge in [0.1, 0.15) is 5.75 Å². The second kappa shape index (κ2) is 7.86. The van der Waals surface area contributed by atoms with Crippen LogP contribution in [0.3, 0.4) is 0 Å². The molecular weight excluding hydrogens is 338 g/mol. The largest absolute Gasteiger partial charge is 0.496 e. The summed E-state index contributed by atoms with van der Waals surface area (Å²) in [6.45, 7) is 5.07. The molecule has 138 valence electrons. The summed E-state index contributed by atoms with van der Waals surface area (Å²) in [5.41, 5.74) is 1.90. The van der Waals surface area contributed by atoms with Crippen LogP contribution >= 0.6 is 0 Å². The van der Waals surface area contributed by atoms with Gasteiger partial charge in [0.25, 0.3) is 0 Å². The van der Waals surface area contributed by atoms with Crippen LogP contribution in [0.1, 0.15) is 28.4 Å². The van der Waals surface area contributed by atoms with Gasteiger partial charge in [-0.15, -0.1) is 0 Å². The third-order valence-electron chi connectivity index (χ3n) is 4.29. The summed E-state index contributed by atoms with van der Waals surface area (Å²) in [7, 11) is 2.70. The van der Waals surface area contributed by atoms with Crippen molar-refractivity contribution in [1.29, 1.82) is 0 Å². The van der Waals surface area contributed by atoms with Crippen molar-refractivity contribution in [3.63, 3.8) is 0 Å². The molecule has 1 atom stereocenters. The molecule has 26 heavy (non-hydrogen) atoms. The fourth-order valence-corrected chi connectivity index (χ4v) is 2.85. The van der Waals surface area contributed by atoms with Crippen LogP contribution in [-0.4, -0.2) is 25.1 Å². The summed E-state index contributed by atoms with van der Waals surface area (Å²) < 4.78 is 16.0. The van der Waals surface area contributed by atoms with Crippen LogP contribution in [0.25, 0.3) is 0 Å². The number of hydrogen-bond acceptors (Lipinski definition) is 6. The predicted molar refractivity (Wildman–Crippen MR) is 95.7 cm³/mol. The Kier molecular flexibility index (Phi) is 5.82. The number of nitro groups is 1. The van der Waals surface area contributed by atoms with Crippen LogP contribution in [0.5, 0.6) is 11.5 Å². The Labute approximate surface area is 151 Å². The number of nitrogens with zero attached hydrogens (tertiary/aromatic N) is 1. The molecule has 2 aromatic carbocycles. The smallest absolute Gasteiger partial charge is 0.351 e. The molecular formula is C19H21NO6. The normalized spacial score (nSPS) is 11.6. The van der Waals surface area contributed by atoms with E-state index in [1.165, 1.54) is 14.2 Å². The van der Waals surface area contributed by atoms with Crippen molar-refractivity contribution in [3.05, 3.63) is 62.7 Å². The maximum atomic E-state index is 12.3. The van der Waals surface area contributed by atoms with Gasteiger partial charge >= 0.3 is 11.7 Å². The molecule has 0 aliphatic rings. The molecule has 2 aromatic rings. The monoisotopic (exact) mass is 359 g/mol. The molecule has 0 aliphatic carbocycles. The van der Waals surface area contributed by atoms with Gasteiger partial charge in [-0.2, -0.15) is 0 Å². The lowest BCUT2D eigenvalue weighted by Crippen LogP contribution is -2.21. The average molecular weight is 359 g/mol. The van der Waals surface area contributed by atoms with Crippen molar-refractivity contribution >= 4 is 11.7 Å². The van der Waals surface area contributed by atoms with Crippen LogP contribution in [0.4, 0.5) is 5.69 Å². The second-order valence-electron chi connectivity index (χ2n) is 5.77. The lowest BCUT2D eigenvalue weighted by molar-refractivity contribution is -0.386. The zero-order chi connectivity index (χ0) is 19.4. The first-order valence-corrected chi connectivity index (χ1v) is 7.95. The average Bonchev–Trinajstić information content (AvgIpc) is 2.63. The molecule has 0 saturated carbocycles. The zero-order valence-corrected chi connectivity index (χ0v) is 15.4. The van der Waals surface area contributed by atoms with E-state index in [1.807, 2.05) is 0 Å². The van der Waals surface area contributed by atoms with E-state index < -0.39 is 17.0 Å². The molecule has 0 aromatic heterocycles. The quantitative estimate of drug-likeness (QED) is 0.443. The van der Waals surface area contributed by atoms with Crippen molar-refractivity contribution in [2.75, 3.05) is 14.2 Å². The van der Waals surface area contributed by atoms with E-state index >= 15 is 0 Å². The SMILES string of the molecule is COC(=O)C(Oc1c(C)c(C)c(OC)c(C)c1[N+](=O)[O-])c1ccccc1. The first kappa shape index (κ1) is 19.2. The van der Waals surface area contributed by atoms with Gasteiger partial charge in [-0.3, -0.25) is 10.1 Å². The Bertz CT molecular complexity index is 832. The van der Waals surface area contributed by atoms with Crippen LogP contribution in [0, 0.1) is 30.9 Å². The number of carbonyl (C=O) groups excluding carboxylic acids is 1.